The number of ether oxygens (including phenoxy) is 2. The maximum absolute atomic E-state index is 12.9. The van der Waals surface area contributed by atoms with E-state index in [1.807, 2.05) is 36.4 Å². The van der Waals surface area contributed by atoms with Gasteiger partial charge >= 0.3 is 18.2 Å². The summed E-state index contributed by atoms with van der Waals surface area (Å²) >= 11 is 0. The molecule has 41 heavy (non-hydrogen) atoms. The molecule has 2 aromatic carbocycles. The van der Waals surface area contributed by atoms with Crippen LogP contribution in [0.2, 0.25) is 0 Å². The summed E-state index contributed by atoms with van der Waals surface area (Å²) in [6.45, 7) is 6.06. The first-order valence-corrected chi connectivity index (χ1v) is 14.1. The van der Waals surface area contributed by atoms with Crippen molar-refractivity contribution in [1.29, 1.82) is 0 Å². The topological polar surface area (TPSA) is 134 Å². The average Bonchev–Trinajstić information content (AvgIpc) is 3.48. The summed E-state index contributed by atoms with van der Waals surface area (Å²) in [5.41, 5.74) is 3.90. The van der Waals surface area contributed by atoms with Gasteiger partial charge in [0.05, 0.1) is 6.04 Å². The van der Waals surface area contributed by atoms with E-state index in [2.05, 4.69) is 22.8 Å². The summed E-state index contributed by atoms with van der Waals surface area (Å²) in [7, 11) is 0. The molecule has 2 atom stereocenters. The maximum Gasteiger partial charge on any atom is 0.407 e. The molecule has 2 aromatic rings. The van der Waals surface area contributed by atoms with Crippen molar-refractivity contribution in [3.63, 3.8) is 0 Å². The van der Waals surface area contributed by atoms with Crippen LogP contribution in [0.15, 0.2) is 48.5 Å². The lowest BCUT2D eigenvalue weighted by Gasteiger charge is -2.21. The van der Waals surface area contributed by atoms with Gasteiger partial charge in [0.15, 0.2) is 0 Å². The molecule has 220 valence electrons. The van der Waals surface area contributed by atoms with Crippen molar-refractivity contribution in [1.82, 2.24) is 15.5 Å². The highest BCUT2D eigenvalue weighted by molar-refractivity contribution is 5.85. The van der Waals surface area contributed by atoms with Gasteiger partial charge in [-0.1, -0.05) is 55.0 Å². The number of likely N-dealkylation sites (tertiary alicyclic amines) is 1. The van der Waals surface area contributed by atoms with Crippen molar-refractivity contribution in [2.24, 2.45) is 0 Å². The number of alkyl carbamates (subject to hydrolysis) is 2. The molecule has 0 spiro atoms. The number of nitrogens with zero attached hydrogens (tertiary/aromatic N) is 1. The number of amides is 3. The number of nitrogens with one attached hydrogen (secondary N) is 2. The number of unbranched alkanes of at least 4 members (excludes halogenated alkanes) is 2. The molecular weight excluding hydrogens is 526 g/mol. The van der Waals surface area contributed by atoms with Gasteiger partial charge in [0.1, 0.15) is 18.2 Å². The van der Waals surface area contributed by atoms with E-state index in [1.165, 1.54) is 4.90 Å². The van der Waals surface area contributed by atoms with Crippen molar-refractivity contribution in [3.05, 3.63) is 59.7 Å². The molecule has 0 radical (unpaired) electrons. The Hall–Kier alpha value is -4.08. The summed E-state index contributed by atoms with van der Waals surface area (Å²) in [6.07, 6.45) is 1.11. The number of carbonyl (C=O) groups excluding carboxylic acids is 3. The van der Waals surface area contributed by atoms with E-state index in [0.29, 0.717) is 25.8 Å². The Kier molecular flexibility index (Phi) is 9.52. The fourth-order valence-electron chi connectivity index (χ4n) is 5.48. The number of fused-ring (bicyclic) bond motifs is 3. The van der Waals surface area contributed by atoms with E-state index < -0.39 is 35.8 Å². The minimum absolute atomic E-state index is 0.0825. The first-order valence-electron chi connectivity index (χ1n) is 14.1. The summed E-state index contributed by atoms with van der Waals surface area (Å²) < 4.78 is 10.8. The smallest absolute Gasteiger partial charge is 0.407 e. The second kappa shape index (κ2) is 13.1. The predicted molar refractivity (Wildman–Crippen MR) is 152 cm³/mol. The quantitative estimate of drug-likeness (QED) is 0.357. The van der Waals surface area contributed by atoms with Gasteiger partial charge in [-0.3, -0.25) is 4.79 Å². The molecule has 1 heterocycles. The van der Waals surface area contributed by atoms with Crippen molar-refractivity contribution in [3.8, 4) is 11.1 Å². The van der Waals surface area contributed by atoms with Gasteiger partial charge in [-0.25, -0.2) is 14.4 Å². The van der Waals surface area contributed by atoms with Crippen LogP contribution in [0.25, 0.3) is 11.1 Å². The lowest BCUT2D eigenvalue weighted by molar-refractivity contribution is -0.148. The summed E-state index contributed by atoms with van der Waals surface area (Å²) in [5.74, 6) is -1.45. The largest absolute Gasteiger partial charge is 0.480 e. The molecule has 0 bridgehead atoms. The Labute approximate surface area is 240 Å². The van der Waals surface area contributed by atoms with Crippen molar-refractivity contribution < 1.29 is 33.8 Å². The van der Waals surface area contributed by atoms with Crippen LogP contribution >= 0.6 is 0 Å². The van der Waals surface area contributed by atoms with Crippen LogP contribution in [0.4, 0.5) is 9.59 Å². The molecule has 10 nitrogen and oxygen atoms in total. The number of benzene rings is 2. The van der Waals surface area contributed by atoms with Crippen molar-refractivity contribution in [2.45, 2.75) is 76.5 Å². The molecule has 10 heteroatoms. The number of carbonyl (C=O) groups is 4. The van der Waals surface area contributed by atoms with Crippen LogP contribution < -0.4 is 10.6 Å². The lowest BCUT2D eigenvalue weighted by atomic mass is 9.98. The maximum atomic E-state index is 12.9. The minimum atomic E-state index is -1.10. The Bertz CT molecular complexity index is 1230. The van der Waals surface area contributed by atoms with E-state index in [4.69, 9.17) is 9.47 Å². The molecule has 3 N–H and O–H groups in total. The standard InChI is InChI=1S/C31H39N3O7/c1-31(2,3)41-29(38)32-16-10-4-5-15-27(35)34-18-20(17-26(34)28(36)37)33-30(39)40-19-25-23-13-8-6-11-21(23)22-12-7-9-14-24(22)25/h6-9,11-14,20,25-26H,4-5,10,15-19H2,1-3H3,(H,32,38)(H,33,39)(H,36,37)/t20-,26-/m0/s1. The SMILES string of the molecule is CC(C)(C)OC(=O)NCCCCCC(=O)N1C[C@@H](NC(=O)OCC2c3ccccc3-c3ccccc32)C[C@H]1C(=O)O. The van der Waals surface area contributed by atoms with E-state index in [0.717, 1.165) is 22.3 Å². The van der Waals surface area contributed by atoms with Crippen LogP contribution in [0.5, 0.6) is 0 Å². The fraction of sp³-hybridized carbons (Fsp3) is 0.484. The Morgan fingerprint density at radius 3 is 2.17 bits per heavy atom. The van der Waals surface area contributed by atoms with E-state index in [1.54, 1.807) is 20.8 Å². The van der Waals surface area contributed by atoms with Crippen LogP contribution in [0.1, 0.15) is 69.9 Å². The highest BCUT2D eigenvalue weighted by Crippen LogP contribution is 2.44. The second-order valence-electron chi connectivity index (χ2n) is 11.5. The van der Waals surface area contributed by atoms with Gasteiger partial charge < -0.3 is 30.1 Å². The van der Waals surface area contributed by atoms with Gasteiger partial charge in [0, 0.05) is 31.8 Å². The molecule has 1 saturated heterocycles. The van der Waals surface area contributed by atoms with E-state index in [-0.39, 0.29) is 37.8 Å². The van der Waals surface area contributed by atoms with E-state index in [9.17, 15) is 24.3 Å². The monoisotopic (exact) mass is 565 g/mol. The second-order valence-corrected chi connectivity index (χ2v) is 11.5. The first kappa shape index (κ1) is 29.9. The molecule has 0 aromatic heterocycles. The van der Waals surface area contributed by atoms with Crippen molar-refractivity contribution in [2.75, 3.05) is 19.7 Å². The Balaban J connectivity index is 1.22. The molecular formula is C31H39N3O7. The average molecular weight is 566 g/mol. The van der Waals surface area contributed by atoms with Crippen molar-refractivity contribution >= 4 is 24.1 Å². The molecule has 0 saturated carbocycles. The molecule has 1 aliphatic carbocycles. The predicted octanol–water partition coefficient (Wildman–Crippen LogP) is 4.66. The zero-order valence-corrected chi connectivity index (χ0v) is 23.9. The summed E-state index contributed by atoms with van der Waals surface area (Å²) in [6, 6.07) is 14.6. The van der Waals surface area contributed by atoms with Crippen LogP contribution in [0.3, 0.4) is 0 Å². The fourth-order valence-corrected chi connectivity index (χ4v) is 5.48. The van der Waals surface area contributed by atoms with Gasteiger partial charge in [-0.05, 0) is 55.9 Å². The van der Waals surface area contributed by atoms with E-state index >= 15 is 0 Å². The Morgan fingerprint density at radius 1 is 0.927 bits per heavy atom. The molecule has 0 unspecified atom stereocenters. The molecule has 1 aliphatic heterocycles. The highest BCUT2D eigenvalue weighted by Gasteiger charge is 2.40. The summed E-state index contributed by atoms with van der Waals surface area (Å²) in [4.78, 5) is 50.5. The molecule has 4 rings (SSSR count). The third-order valence-electron chi connectivity index (χ3n) is 7.31. The zero-order valence-electron chi connectivity index (χ0n) is 23.9. The third kappa shape index (κ3) is 7.77. The normalized spacial score (nSPS) is 17.9. The number of aliphatic carboxylic acids is 1. The number of carboxylic acid groups (broad SMARTS) is 1. The number of carboxylic acids is 1. The van der Waals surface area contributed by atoms with Crippen LogP contribution in [0, 0.1) is 0 Å². The number of rotatable bonds is 10. The minimum Gasteiger partial charge on any atom is -0.480 e. The van der Waals surface area contributed by atoms with Crippen LogP contribution in [-0.4, -0.2) is 71.5 Å². The highest BCUT2D eigenvalue weighted by atomic mass is 16.6. The summed E-state index contributed by atoms with van der Waals surface area (Å²) in [5, 5.41) is 15.1. The molecule has 1 fully saturated rings. The van der Waals surface area contributed by atoms with Gasteiger partial charge in [0.25, 0.3) is 0 Å². The molecule has 2 aliphatic rings. The first-order chi connectivity index (χ1) is 19.5. The van der Waals surface area contributed by atoms with Crippen LogP contribution in [-0.2, 0) is 19.1 Å². The van der Waals surface area contributed by atoms with Gasteiger partial charge in [-0.2, -0.15) is 0 Å². The van der Waals surface area contributed by atoms with Gasteiger partial charge in [-0.15, -0.1) is 0 Å². The van der Waals surface area contributed by atoms with Gasteiger partial charge in [0.2, 0.25) is 5.91 Å². The third-order valence-corrected chi connectivity index (χ3v) is 7.31. The zero-order chi connectivity index (χ0) is 29.6. The molecule has 3 amide bonds. The number of hydrogen-bond donors (Lipinski definition) is 3. The Morgan fingerprint density at radius 2 is 1.56 bits per heavy atom. The number of hydrogen-bond acceptors (Lipinski definition) is 6. The lowest BCUT2D eigenvalue weighted by Crippen LogP contribution is -2.41.